The molecule has 2 aliphatic rings. The van der Waals surface area contributed by atoms with Crippen molar-refractivity contribution in [2.24, 2.45) is 23.7 Å². The van der Waals surface area contributed by atoms with Crippen molar-refractivity contribution in [2.45, 2.75) is 51.4 Å². The van der Waals surface area contributed by atoms with Crippen LogP contribution < -0.4 is 10.6 Å². The summed E-state index contributed by atoms with van der Waals surface area (Å²) in [7, 11) is 0. The first kappa shape index (κ1) is 21.8. The lowest BCUT2D eigenvalue weighted by molar-refractivity contribution is -0.148. The SMILES string of the molecule is O=C(Nc1ccc(NC(=O)[C@H]2CCCC[C@H]2C(=O)O)cc1)[C@H]1CCCC[C@H]1C(=O)O. The van der Waals surface area contributed by atoms with Gasteiger partial charge in [-0.1, -0.05) is 25.7 Å². The molecule has 2 saturated carbocycles. The Balaban J connectivity index is 1.59. The Morgan fingerprint density at radius 2 is 0.900 bits per heavy atom. The van der Waals surface area contributed by atoms with Gasteiger partial charge in [0, 0.05) is 11.4 Å². The molecule has 2 fully saturated rings. The molecule has 0 heterocycles. The number of hydrogen-bond donors (Lipinski definition) is 4. The third-order valence-electron chi connectivity index (χ3n) is 6.26. The van der Waals surface area contributed by atoms with E-state index in [0.29, 0.717) is 37.1 Å². The first-order valence-electron chi connectivity index (χ1n) is 10.5. The van der Waals surface area contributed by atoms with Gasteiger partial charge in [-0.2, -0.15) is 0 Å². The van der Waals surface area contributed by atoms with Crippen molar-refractivity contribution >= 4 is 35.1 Å². The lowest BCUT2D eigenvalue weighted by atomic mass is 9.78. The molecule has 0 spiro atoms. The summed E-state index contributed by atoms with van der Waals surface area (Å²) in [5.41, 5.74) is 1.04. The van der Waals surface area contributed by atoms with Crippen molar-refractivity contribution in [3.05, 3.63) is 24.3 Å². The fourth-order valence-corrected chi connectivity index (χ4v) is 4.59. The first-order chi connectivity index (χ1) is 14.4. The van der Waals surface area contributed by atoms with Gasteiger partial charge in [0.05, 0.1) is 23.7 Å². The van der Waals surface area contributed by atoms with Crippen LogP contribution in [0.1, 0.15) is 51.4 Å². The number of benzene rings is 1. The Labute approximate surface area is 175 Å². The minimum Gasteiger partial charge on any atom is -0.481 e. The second kappa shape index (κ2) is 9.73. The maximum Gasteiger partial charge on any atom is 0.307 e. The van der Waals surface area contributed by atoms with E-state index in [-0.39, 0.29) is 11.8 Å². The zero-order valence-electron chi connectivity index (χ0n) is 16.8. The number of hydrogen-bond acceptors (Lipinski definition) is 4. The van der Waals surface area contributed by atoms with E-state index in [9.17, 15) is 29.4 Å². The van der Waals surface area contributed by atoms with Crippen LogP contribution in [0.25, 0.3) is 0 Å². The summed E-state index contributed by atoms with van der Waals surface area (Å²) in [6, 6.07) is 6.56. The zero-order chi connectivity index (χ0) is 21.7. The number of carboxylic acids is 2. The molecule has 0 saturated heterocycles. The summed E-state index contributed by atoms with van der Waals surface area (Å²) in [6.07, 6.45) is 5.45. The molecule has 0 radical (unpaired) electrons. The maximum absolute atomic E-state index is 12.6. The second-order valence-corrected chi connectivity index (χ2v) is 8.23. The molecule has 1 aromatic rings. The third kappa shape index (κ3) is 5.17. The molecule has 4 N–H and O–H groups in total. The highest BCUT2D eigenvalue weighted by Gasteiger charge is 2.36. The van der Waals surface area contributed by atoms with E-state index in [2.05, 4.69) is 10.6 Å². The zero-order valence-corrected chi connectivity index (χ0v) is 16.8. The van der Waals surface area contributed by atoms with E-state index in [1.807, 2.05) is 0 Å². The van der Waals surface area contributed by atoms with Crippen molar-refractivity contribution in [3.63, 3.8) is 0 Å². The highest BCUT2D eigenvalue weighted by molar-refractivity contribution is 5.97. The summed E-state index contributed by atoms with van der Waals surface area (Å²) >= 11 is 0. The smallest absolute Gasteiger partial charge is 0.307 e. The van der Waals surface area contributed by atoms with Gasteiger partial charge in [0.25, 0.3) is 0 Å². The Bertz CT molecular complexity index is 739. The number of carboxylic acid groups (broad SMARTS) is 2. The van der Waals surface area contributed by atoms with Crippen LogP contribution >= 0.6 is 0 Å². The molecule has 3 rings (SSSR count). The van der Waals surface area contributed by atoms with Crippen LogP contribution in [0.4, 0.5) is 11.4 Å². The van der Waals surface area contributed by atoms with Crippen LogP contribution in [0.15, 0.2) is 24.3 Å². The molecule has 2 aliphatic carbocycles. The topological polar surface area (TPSA) is 133 Å². The average molecular weight is 416 g/mol. The third-order valence-corrected chi connectivity index (χ3v) is 6.26. The largest absolute Gasteiger partial charge is 0.481 e. The van der Waals surface area contributed by atoms with Crippen LogP contribution in [0.5, 0.6) is 0 Å². The van der Waals surface area contributed by atoms with Gasteiger partial charge in [-0.15, -0.1) is 0 Å². The standard InChI is InChI=1S/C22H28N2O6/c25-19(15-5-1-3-7-17(15)21(27)28)23-13-9-11-14(12-10-13)24-20(26)16-6-2-4-8-18(16)22(29)30/h9-12,15-18H,1-8H2,(H,23,25)(H,24,26)(H,27,28)(H,29,30)/t15-,16-,17+,18+/m0/s1. The molecule has 2 amide bonds. The minimum absolute atomic E-state index is 0.301. The lowest BCUT2D eigenvalue weighted by Gasteiger charge is -2.27. The molecule has 1 aromatic carbocycles. The normalized spacial score (nSPS) is 26.4. The van der Waals surface area contributed by atoms with E-state index in [4.69, 9.17) is 0 Å². The van der Waals surface area contributed by atoms with Gasteiger partial charge >= 0.3 is 11.9 Å². The predicted octanol–water partition coefficient (Wildman–Crippen LogP) is 3.35. The van der Waals surface area contributed by atoms with Crippen molar-refractivity contribution in [1.29, 1.82) is 0 Å². The Morgan fingerprint density at radius 1 is 0.600 bits per heavy atom. The number of rotatable bonds is 6. The van der Waals surface area contributed by atoms with Crippen molar-refractivity contribution in [1.82, 2.24) is 0 Å². The molecule has 4 atom stereocenters. The lowest BCUT2D eigenvalue weighted by Crippen LogP contribution is -2.36. The molecule has 0 aromatic heterocycles. The molecule has 8 nitrogen and oxygen atoms in total. The highest BCUT2D eigenvalue weighted by Crippen LogP contribution is 2.32. The molecule has 0 aliphatic heterocycles. The maximum atomic E-state index is 12.6. The summed E-state index contributed by atoms with van der Waals surface area (Å²) in [4.78, 5) is 47.9. The van der Waals surface area contributed by atoms with Crippen LogP contribution in [0.3, 0.4) is 0 Å². The number of amides is 2. The van der Waals surface area contributed by atoms with Gasteiger partial charge in [-0.3, -0.25) is 19.2 Å². The Kier molecular flexibility index (Phi) is 7.07. The minimum atomic E-state index is -0.935. The molecule has 0 unspecified atom stereocenters. The number of nitrogens with one attached hydrogen (secondary N) is 2. The first-order valence-corrected chi connectivity index (χ1v) is 10.5. The quantitative estimate of drug-likeness (QED) is 0.562. The van der Waals surface area contributed by atoms with Crippen molar-refractivity contribution < 1.29 is 29.4 Å². The van der Waals surface area contributed by atoms with Crippen LogP contribution in [0.2, 0.25) is 0 Å². The van der Waals surface area contributed by atoms with Crippen LogP contribution in [-0.2, 0) is 19.2 Å². The fraction of sp³-hybridized carbons (Fsp3) is 0.545. The number of carbonyl (C=O) groups is 4. The predicted molar refractivity (Wildman–Crippen MR) is 110 cm³/mol. The Hall–Kier alpha value is -2.90. The fourth-order valence-electron chi connectivity index (χ4n) is 4.59. The summed E-state index contributed by atoms with van der Waals surface area (Å²) in [5.74, 6) is -4.88. The monoisotopic (exact) mass is 416 g/mol. The van der Waals surface area contributed by atoms with Gasteiger partial charge in [0.2, 0.25) is 11.8 Å². The highest BCUT2D eigenvalue weighted by atomic mass is 16.4. The number of aliphatic carboxylic acids is 2. The van der Waals surface area contributed by atoms with E-state index in [1.165, 1.54) is 0 Å². The molecule has 30 heavy (non-hydrogen) atoms. The van der Waals surface area contributed by atoms with E-state index >= 15 is 0 Å². The van der Waals surface area contributed by atoms with E-state index < -0.39 is 35.6 Å². The molecule has 162 valence electrons. The number of anilines is 2. The Morgan fingerprint density at radius 3 is 1.20 bits per heavy atom. The van der Waals surface area contributed by atoms with Gasteiger partial charge < -0.3 is 20.8 Å². The second-order valence-electron chi connectivity index (χ2n) is 8.23. The van der Waals surface area contributed by atoms with Gasteiger partial charge in [0.15, 0.2) is 0 Å². The number of carbonyl (C=O) groups excluding carboxylic acids is 2. The van der Waals surface area contributed by atoms with Gasteiger partial charge in [-0.05, 0) is 49.9 Å². The molecular formula is C22H28N2O6. The van der Waals surface area contributed by atoms with Crippen LogP contribution in [0, 0.1) is 23.7 Å². The van der Waals surface area contributed by atoms with E-state index in [1.54, 1.807) is 24.3 Å². The summed E-state index contributed by atoms with van der Waals surface area (Å²) in [5, 5.41) is 24.2. The van der Waals surface area contributed by atoms with Crippen molar-refractivity contribution in [2.75, 3.05) is 10.6 Å². The van der Waals surface area contributed by atoms with Gasteiger partial charge in [0.1, 0.15) is 0 Å². The van der Waals surface area contributed by atoms with Gasteiger partial charge in [-0.25, -0.2) is 0 Å². The molecule has 0 bridgehead atoms. The molecular weight excluding hydrogens is 388 g/mol. The molecule has 8 heteroatoms. The summed E-state index contributed by atoms with van der Waals surface area (Å²) in [6.45, 7) is 0. The van der Waals surface area contributed by atoms with Crippen LogP contribution in [-0.4, -0.2) is 34.0 Å². The van der Waals surface area contributed by atoms with E-state index in [0.717, 1.165) is 25.7 Å². The summed E-state index contributed by atoms with van der Waals surface area (Å²) < 4.78 is 0. The van der Waals surface area contributed by atoms with Crippen molar-refractivity contribution in [3.8, 4) is 0 Å². The average Bonchev–Trinajstić information content (AvgIpc) is 2.75.